The lowest BCUT2D eigenvalue weighted by molar-refractivity contribution is -0.119. The van der Waals surface area contributed by atoms with Gasteiger partial charge in [-0.3, -0.25) is 24.2 Å². The van der Waals surface area contributed by atoms with Crippen LogP contribution in [0.3, 0.4) is 0 Å². The molecule has 4 saturated heterocycles. The molecule has 4 saturated carbocycles. The largest absolute Gasteiger partial charge is 0.365 e. The van der Waals surface area contributed by atoms with Crippen LogP contribution in [0.25, 0.3) is 0 Å². The number of aryl methyl sites for hydroxylation is 1. The molecule has 8 aliphatic carbocycles. The average Bonchev–Trinajstić information content (AvgIpc) is 4.34. The van der Waals surface area contributed by atoms with Crippen LogP contribution in [0.15, 0.2) is 68.9 Å². The van der Waals surface area contributed by atoms with Crippen LogP contribution in [0.2, 0.25) is 0 Å². The van der Waals surface area contributed by atoms with Gasteiger partial charge in [-0.2, -0.15) is 0 Å². The number of nitrogens with one attached hydrogen (secondary N) is 1. The standard InChI is InChI=1S/C39H52IN4O3.C29H44N2O2/c1-23-18-36-37(44(22-23)17-5-6-28(45)10-7-26-8-12-35(42-43-41)34(40)19-26)25(3)39(47-36)16-14-30-31-11-9-27-20-29(46)13-15-38(27,4)33(31)21-32(30)24(39)2;1-17-13-26-27(31(16-17)12-11-30)19(3)29(33-26)10-8-22-23-6-5-20-14-21(32)7-9-28(20,4)25(23)15-24(22)18(29)2/h8,12,19-20,23,25,30-31,33,36-37,41H,5-7,9-11,13-18,21-22H2,1-4H3;14,17,19,22-23,25-27H,5-13,15-16,30H2,1-4H3/q+1;/t23-,25+,30-,31-,33-,36+,37-,38-,39-;17-,19+,22-,23-,25-,26+,27-,28-,29-/m00/s1. The second kappa shape index (κ2) is 22.1. The van der Waals surface area contributed by atoms with Gasteiger partial charge in [0.15, 0.2) is 22.4 Å². The molecule has 1 aromatic carbocycles. The molecule has 0 aromatic heterocycles. The highest BCUT2D eigenvalue weighted by Gasteiger charge is 2.64. The fourth-order valence-corrected chi connectivity index (χ4v) is 21.9. The Morgan fingerprint density at radius 3 is 1.74 bits per heavy atom. The van der Waals surface area contributed by atoms with Gasteiger partial charge in [-0.15, -0.1) is 0 Å². The summed E-state index contributed by atoms with van der Waals surface area (Å²) in [6.07, 6.45) is 25.4. The number of allylic oxidation sites excluding steroid dienone is 6. The molecule has 11 nitrogen and oxygen atoms in total. The number of nitrogens with zero attached hydrogens (tertiary/aromatic N) is 4. The van der Waals surface area contributed by atoms with Crippen LogP contribution in [0.4, 0.5) is 5.69 Å². The van der Waals surface area contributed by atoms with Gasteiger partial charge in [-0.05, 0) is 245 Å². The van der Waals surface area contributed by atoms with E-state index in [0.717, 1.165) is 117 Å². The van der Waals surface area contributed by atoms with Crippen molar-refractivity contribution in [2.45, 2.75) is 219 Å². The van der Waals surface area contributed by atoms with Gasteiger partial charge < -0.3 is 15.2 Å². The summed E-state index contributed by atoms with van der Waals surface area (Å²) in [7, 11) is 0. The van der Waals surface area contributed by atoms with Crippen molar-refractivity contribution in [2.24, 2.45) is 80.9 Å². The Kier molecular flexibility index (Phi) is 15.9. The highest BCUT2D eigenvalue weighted by atomic mass is 127. The highest BCUT2D eigenvalue weighted by molar-refractivity contribution is 14.1. The summed E-state index contributed by atoms with van der Waals surface area (Å²) in [6.45, 7) is 24.5. The molecule has 434 valence electrons. The first-order valence-electron chi connectivity index (χ1n) is 32.1. The summed E-state index contributed by atoms with van der Waals surface area (Å²) in [4.78, 5) is 45.9. The van der Waals surface area contributed by atoms with E-state index < -0.39 is 0 Å². The summed E-state index contributed by atoms with van der Waals surface area (Å²) in [6, 6.07) is 6.83. The Hall–Kier alpha value is -2.97. The molecule has 1 aromatic rings. The molecule has 80 heavy (non-hydrogen) atoms. The van der Waals surface area contributed by atoms with Gasteiger partial charge in [-0.25, -0.2) is 0 Å². The molecule has 3 N–H and O–H groups in total. The van der Waals surface area contributed by atoms with E-state index in [1.165, 1.54) is 62.5 Å². The van der Waals surface area contributed by atoms with Crippen molar-refractivity contribution in [3.05, 3.63) is 72.9 Å². The van der Waals surface area contributed by atoms with Crippen LogP contribution in [-0.2, 0) is 30.3 Å². The summed E-state index contributed by atoms with van der Waals surface area (Å²) in [5, 5.41) is 3.83. The molecule has 12 aliphatic rings. The number of ether oxygens (including phenoxy) is 2. The number of benzene rings is 1. The second-order valence-electron chi connectivity index (χ2n) is 29.0. The van der Waals surface area contributed by atoms with Crippen molar-refractivity contribution in [3.8, 4) is 0 Å². The first-order chi connectivity index (χ1) is 38.3. The Bertz CT molecular complexity index is 2830. The van der Waals surface area contributed by atoms with Crippen molar-refractivity contribution in [1.82, 2.24) is 14.7 Å². The number of ketones is 3. The predicted molar refractivity (Wildman–Crippen MR) is 323 cm³/mol. The Morgan fingerprint density at radius 2 is 1.25 bits per heavy atom. The molecule has 2 spiro atoms. The Balaban J connectivity index is 0.000000169. The molecule has 4 aliphatic heterocycles. The van der Waals surface area contributed by atoms with Gasteiger partial charge >= 0.3 is 0 Å². The molecular formula is C68H96IN6O5+. The predicted octanol–water partition coefficient (Wildman–Crippen LogP) is 13.6. The topological polar surface area (TPSA) is 152 Å². The zero-order valence-electron chi connectivity index (χ0n) is 49.9. The second-order valence-corrected chi connectivity index (χ2v) is 30.1. The number of halogens is 1. The molecule has 0 radical (unpaired) electrons. The minimum Gasteiger partial charge on any atom is -0.365 e. The number of hydrogen-bond acceptors (Lipinski definition) is 10. The molecule has 0 bridgehead atoms. The van der Waals surface area contributed by atoms with Crippen molar-refractivity contribution in [2.75, 3.05) is 32.7 Å². The zero-order valence-corrected chi connectivity index (χ0v) is 52.1. The number of hydrogen-bond donors (Lipinski definition) is 2. The summed E-state index contributed by atoms with van der Waals surface area (Å²) in [5.74, 6) is 7.62. The third-order valence-corrected chi connectivity index (χ3v) is 26.0. The van der Waals surface area contributed by atoms with E-state index in [2.05, 4.69) is 97.8 Å². The van der Waals surface area contributed by atoms with Crippen LogP contribution in [-0.4, -0.2) is 95.4 Å². The summed E-state index contributed by atoms with van der Waals surface area (Å²) in [5.41, 5.74) is 24.5. The van der Waals surface area contributed by atoms with E-state index in [9.17, 15) is 14.4 Å². The quantitative estimate of drug-likeness (QED) is 0.102. The van der Waals surface area contributed by atoms with Crippen LogP contribution in [0.1, 0.15) is 183 Å². The van der Waals surface area contributed by atoms with Crippen molar-refractivity contribution >= 4 is 45.6 Å². The number of fused-ring (bicyclic) bond motifs is 12. The maximum absolute atomic E-state index is 13.0. The van der Waals surface area contributed by atoms with Gasteiger partial charge in [0.25, 0.3) is 0 Å². The fraction of sp³-hybridized carbons (Fsp3) is 0.750. The van der Waals surface area contributed by atoms with Crippen molar-refractivity contribution in [3.63, 3.8) is 0 Å². The van der Waals surface area contributed by atoms with Crippen LogP contribution >= 0.6 is 22.6 Å². The monoisotopic (exact) mass is 1200 g/mol. The molecule has 0 unspecified atom stereocenters. The summed E-state index contributed by atoms with van der Waals surface area (Å²) >= 11 is 2.21. The van der Waals surface area contributed by atoms with Gasteiger partial charge in [0, 0.05) is 79.4 Å². The Morgan fingerprint density at radius 1 is 0.738 bits per heavy atom. The minimum atomic E-state index is -0.163. The fourth-order valence-electron chi connectivity index (χ4n) is 21.2. The first-order valence-corrected chi connectivity index (χ1v) is 33.2. The SMILES string of the molecule is CC1=C2C[C@H]3[C@@H](CCC4=CC(=O)CC[C@@]43C)[C@@H]2CC[C@]12O[C@@H]1C[C@H](C)CN(CCCC(=O)CCc3ccc(N=[N+]=N)c(I)c3)[C@H]1[C@H]2C.CC1=C2C[C@H]3[C@@H](CCC4=CC(=O)CC[C@@]43C)[C@@H]2CC[C@]12O[C@@H]1C[C@H](C)CN(CCN)[C@H]1[C@H]2C. The maximum atomic E-state index is 13.0. The minimum absolute atomic E-state index is 0.0757. The molecule has 8 fully saturated rings. The lowest BCUT2D eigenvalue weighted by atomic mass is 9.56. The third-order valence-electron chi connectivity index (χ3n) is 25.1. The van der Waals surface area contributed by atoms with E-state index in [-0.39, 0.29) is 28.1 Å². The van der Waals surface area contributed by atoms with E-state index >= 15 is 0 Å². The van der Waals surface area contributed by atoms with Gasteiger partial charge in [0.05, 0.1) is 23.4 Å². The lowest BCUT2D eigenvalue weighted by Crippen LogP contribution is -2.53. The number of Topliss-reactive ketones (excluding diaryl/α,β-unsaturated/α-hetero) is 1. The van der Waals surface area contributed by atoms with Gasteiger partial charge in [-0.1, -0.05) is 69.9 Å². The number of nitrogens with two attached hydrogens (primary N) is 1. The third kappa shape index (κ3) is 9.59. The lowest BCUT2D eigenvalue weighted by Gasteiger charge is -2.48. The zero-order chi connectivity index (χ0) is 56.2. The van der Waals surface area contributed by atoms with Crippen LogP contribution < -0.4 is 10.6 Å². The molecule has 4 heterocycles. The number of carbonyl (C=O) groups is 3. The first kappa shape index (κ1) is 57.5. The van der Waals surface area contributed by atoms with Gasteiger partial charge in [0.2, 0.25) is 4.91 Å². The molecule has 18 atom stereocenters. The smallest absolute Gasteiger partial charge is 0.220 e. The normalized spacial score (nSPS) is 42.7. The van der Waals surface area contributed by atoms with Crippen LogP contribution in [0.5, 0.6) is 0 Å². The molecule has 12 heteroatoms. The molecule has 0 amide bonds. The number of rotatable bonds is 10. The highest BCUT2D eigenvalue weighted by Crippen LogP contribution is 2.68. The number of piperidine rings is 2. The van der Waals surface area contributed by atoms with E-state index in [1.54, 1.807) is 22.3 Å². The van der Waals surface area contributed by atoms with E-state index in [4.69, 9.17) is 20.7 Å². The van der Waals surface area contributed by atoms with Crippen LogP contribution in [0, 0.1) is 79.1 Å². The van der Waals surface area contributed by atoms with E-state index in [1.807, 2.05) is 30.4 Å². The van der Waals surface area contributed by atoms with E-state index in [0.29, 0.717) is 102 Å². The Labute approximate surface area is 492 Å². The maximum Gasteiger partial charge on any atom is 0.220 e. The molecular weight excluding hydrogens is 1110 g/mol. The van der Waals surface area contributed by atoms with Gasteiger partial charge in [0.1, 0.15) is 11.3 Å². The number of likely N-dealkylation sites (tertiary alicyclic amines) is 2. The van der Waals surface area contributed by atoms with Crippen molar-refractivity contribution in [1.29, 1.82) is 5.53 Å². The average molecular weight is 1200 g/mol. The summed E-state index contributed by atoms with van der Waals surface area (Å²) < 4.78 is 15.5. The van der Waals surface area contributed by atoms with Crippen molar-refractivity contribution < 1.29 is 23.9 Å². The number of carbonyl (C=O) groups excluding carboxylic acids is 3. The molecule has 13 rings (SSSR count).